The van der Waals surface area contributed by atoms with Crippen LogP contribution in [0.1, 0.15) is 51.4 Å². The Morgan fingerprint density at radius 2 is 1.50 bits per heavy atom. The maximum Gasteiger partial charge on any atom is 0.226 e. The summed E-state index contributed by atoms with van der Waals surface area (Å²) in [5.74, 6) is 0.728. The van der Waals surface area contributed by atoms with E-state index in [-0.39, 0.29) is 5.92 Å². The Hall–Kier alpha value is -0.610. The van der Waals surface area contributed by atoms with Gasteiger partial charge >= 0.3 is 0 Å². The predicted molar refractivity (Wildman–Crippen MR) is 89.9 cm³/mol. The Morgan fingerprint density at radius 3 is 2.18 bits per heavy atom. The SMILES string of the molecule is CN1CCC(N2CCCC(C(=O)N3CCCCCC3)C2)CC1. The highest BCUT2D eigenvalue weighted by atomic mass is 16.2. The largest absolute Gasteiger partial charge is 0.342 e. The van der Waals surface area contributed by atoms with Crippen LogP contribution in [-0.2, 0) is 4.79 Å². The van der Waals surface area contributed by atoms with Gasteiger partial charge < -0.3 is 9.80 Å². The van der Waals surface area contributed by atoms with Gasteiger partial charge in [0.2, 0.25) is 5.91 Å². The first-order chi connectivity index (χ1) is 10.7. The Kier molecular flexibility index (Phi) is 5.75. The van der Waals surface area contributed by atoms with Crippen molar-refractivity contribution in [2.45, 2.75) is 57.4 Å². The van der Waals surface area contributed by atoms with E-state index in [1.54, 1.807) is 0 Å². The van der Waals surface area contributed by atoms with Crippen LogP contribution in [0.4, 0.5) is 0 Å². The molecule has 0 aromatic carbocycles. The summed E-state index contributed by atoms with van der Waals surface area (Å²) in [7, 11) is 2.22. The third-order valence-electron chi connectivity index (χ3n) is 5.92. The van der Waals surface area contributed by atoms with Crippen LogP contribution in [0.2, 0.25) is 0 Å². The summed E-state index contributed by atoms with van der Waals surface area (Å²) in [6.07, 6.45) is 9.89. The highest BCUT2D eigenvalue weighted by Gasteiger charge is 2.33. The van der Waals surface area contributed by atoms with Gasteiger partial charge in [0.25, 0.3) is 0 Å². The van der Waals surface area contributed by atoms with Crippen molar-refractivity contribution in [2.24, 2.45) is 5.92 Å². The van der Waals surface area contributed by atoms with E-state index in [0.29, 0.717) is 5.91 Å². The maximum absolute atomic E-state index is 12.9. The number of hydrogen-bond donors (Lipinski definition) is 0. The molecule has 0 aliphatic carbocycles. The molecule has 0 aromatic rings. The van der Waals surface area contributed by atoms with E-state index in [1.807, 2.05) is 0 Å². The van der Waals surface area contributed by atoms with Crippen LogP contribution < -0.4 is 0 Å². The van der Waals surface area contributed by atoms with Crippen LogP contribution in [0.5, 0.6) is 0 Å². The zero-order valence-electron chi connectivity index (χ0n) is 14.3. The van der Waals surface area contributed by atoms with E-state index in [1.165, 1.54) is 64.6 Å². The molecule has 3 aliphatic rings. The number of amides is 1. The maximum atomic E-state index is 12.9. The molecule has 0 bridgehead atoms. The Morgan fingerprint density at radius 1 is 0.818 bits per heavy atom. The summed E-state index contributed by atoms with van der Waals surface area (Å²) in [4.78, 5) is 20.1. The second kappa shape index (κ2) is 7.78. The smallest absolute Gasteiger partial charge is 0.226 e. The number of piperidine rings is 2. The van der Waals surface area contributed by atoms with Crippen molar-refractivity contribution in [3.63, 3.8) is 0 Å². The van der Waals surface area contributed by atoms with Gasteiger partial charge in [-0.25, -0.2) is 0 Å². The number of likely N-dealkylation sites (tertiary alicyclic amines) is 3. The molecule has 0 radical (unpaired) electrons. The third-order valence-corrected chi connectivity index (χ3v) is 5.92. The third kappa shape index (κ3) is 4.02. The van der Waals surface area contributed by atoms with Crippen LogP contribution in [0.3, 0.4) is 0 Å². The fourth-order valence-electron chi connectivity index (χ4n) is 4.45. The molecule has 0 saturated carbocycles. The highest BCUT2D eigenvalue weighted by molar-refractivity contribution is 5.79. The number of rotatable bonds is 2. The van der Waals surface area contributed by atoms with Crippen molar-refractivity contribution in [1.82, 2.24) is 14.7 Å². The Balaban J connectivity index is 1.54. The molecule has 3 aliphatic heterocycles. The summed E-state index contributed by atoms with van der Waals surface area (Å²) in [5.41, 5.74) is 0. The molecule has 22 heavy (non-hydrogen) atoms. The fourth-order valence-corrected chi connectivity index (χ4v) is 4.45. The average molecular weight is 307 g/mol. The van der Waals surface area contributed by atoms with Gasteiger partial charge in [0.1, 0.15) is 0 Å². The fraction of sp³-hybridized carbons (Fsp3) is 0.944. The second-order valence-electron chi connectivity index (χ2n) is 7.61. The van der Waals surface area contributed by atoms with Crippen molar-refractivity contribution < 1.29 is 4.79 Å². The minimum absolute atomic E-state index is 0.270. The van der Waals surface area contributed by atoms with E-state index in [9.17, 15) is 4.79 Å². The van der Waals surface area contributed by atoms with Gasteiger partial charge in [-0.15, -0.1) is 0 Å². The van der Waals surface area contributed by atoms with Gasteiger partial charge in [-0.1, -0.05) is 12.8 Å². The summed E-state index contributed by atoms with van der Waals surface area (Å²) in [6.45, 7) is 6.66. The molecule has 3 saturated heterocycles. The zero-order chi connectivity index (χ0) is 15.4. The zero-order valence-corrected chi connectivity index (χ0v) is 14.3. The van der Waals surface area contributed by atoms with Crippen LogP contribution in [0, 0.1) is 5.92 Å². The van der Waals surface area contributed by atoms with E-state index in [0.717, 1.165) is 32.1 Å². The molecular weight excluding hydrogens is 274 g/mol. The van der Waals surface area contributed by atoms with Gasteiger partial charge in [0.15, 0.2) is 0 Å². The van der Waals surface area contributed by atoms with E-state index in [4.69, 9.17) is 0 Å². The van der Waals surface area contributed by atoms with E-state index < -0.39 is 0 Å². The van der Waals surface area contributed by atoms with E-state index in [2.05, 4.69) is 21.7 Å². The molecule has 0 spiro atoms. The van der Waals surface area contributed by atoms with Gasteiger partial charge in [-0.3, -0.25) is 9.69 Å². The molecule has 4 nitrogen and oxygen atoms in total. The van der Waals surface area contributed by atoms with Gasteiger partial charge in [0.05, 0.1) is 5.92 Å². The molecule has 1 unspecified atom stereocenters. The first kappa shape index (κ1) is 16.3. The molecule has 0 N–H and O–H groups in total. The molecule has 3 heterocycles. The number of carbonyl (C=O) groups excluding carboxylic acids is 1. The molecule has 126 valence electrons. The minimum Gasteiger partial charge on any atom is -0.342 e. The minimum atomic E-state index is 0.270. The standard InChI is InChI=1S/C18H33N3O/c1-19-13-8-17(9-14-19)21-12-6-7-16(15-21)18(22)20-10-4-2-3-5-11-20/h16-17H,2-15H2,1H3. The summed E-state index contributed by atoms with van der Waals surface area (Å²) in [6, 6.07) is 0.718. The normalized spacial score (nSPS) is 30.2. The number of hydrogen-bond acceptors (Lipinski definition) is 3. The Labute approximate surface area is 135 Å². The van der Waals surface area contributed by atoms with Crippen LogP contribution in [0.25, 0.3) is 0 Å². The molecule has 4 heteroatoms. The molecule has 3 rings (SSSR count). The molecule has 3 fully saturated rings. The van der Waals surface area contributed by atoms with Crippen molar-refractivity contribution in [3.8, 4) is 0 Å². The van der Waals surface area contributed by atoms with Gasteiger partial charge in [-0.05, 0) is 65.2 Å². The van der Waals surface area contributed by atoms with Crippen molar-refractivity contribution >= 4 is 5.91 Å². The molecular formula is C18H33N3O. The molecule has 1 amide bonds. The quantitative estimate of drug-likeness (QED) is 0.782. The topological polar surface area (TPSA) is 26.8 Å². The van der Waals surface area contributed by atoms with E-state index >= 15 is 0 Å². The summed E-state index contributed by atoms with van der Waals surface area (Å²) >= 11 is 0. The highest BCUT2D eigenvalue weighted by Crippen LogP contribution is 2.25. The van der Waals surface area contributed by atoms with Crippen molar-refractivity contribution in [2.75, 3.05) is 46.3 Å². The predicted octanol–water partition coefficient (Wildman–Crippen LogP) is 2.20. The molecule has 0 aromatic heterocycles. The lowest BCUT2D eigenvalue weighted by Crippen LogP contribution is -2.51. The van der Waals surface area contributed by atoms with Crippen LogP contribution in [-0.4, -0.2) is 73.0 Å². The number of nitrogens with zero attached hydrogens (tertiary/aromatic N) is 3. The number of carbonyl (C=O) groups is 1. The second-order valence-corrected chi connectivity index (χ2v) is 7.61. The van der Waals surface area contributed by atoms with Crippen molar-refractivity contribution in [1.29, 1.82) is 0 Å². The first-order valence-corrected chi connectivity index (χ1v) is 9.45. The van der Waals surface area contributed by atoms with Crippen LogP contribution in [0.15, 0.2) is 0 Å². The summed E-state index contributed by atoms with van der Waals surface area (Å²) in [5, 5.41) is 0. The summed E-state index contributed by atoms with van der Waals surface area (Å²) < 4.78 is 0. The first-order valence-electron chi connectivity index (χ1n) is 9.45. The van der Waals surface area contributed by atoms with Crippen molar-refractivity contribution in [3.05, 3.63) is 0 Å². The monoisotopic (exact) mass is 307 g/mol. The Bertz CT molecular complexity index is 357. The van der Waals surface area contributed by atoms with Crippen LogP contribution >= 0.6 is 0 Å². The lowest BCUT2D eigenvalue weighted by atomic mass is 9.93. The average Bonchev–Trinajstić information content (AvgIpc) is 2.84. The van der Waals surface area contributed by atoms with Gasteiger partial charge in [0, 0.05) is 25.7 Å². The lowest BCUT2D eigenvalue weighted by Gasteiger charge is -2.42. The van der Waals surface area contributed by atoms with Gasteiger partial charge in [-0.2, -0.15) is 0 Å². The lowest BCUT2D eigenvalue weighted by molar-refractivity contribution is -0.137. The molecule has 1 atom stereocenters.